The Morgan fingerprint density at radius 1 is 1.50 bits per heavy atom. The normalized spacial score (nSPS) is 11.7. The third kappa shape index (κ3) is 3.02. The number of aliphatic hydroxyl groups is 1. The molecule has 0 spiro atoms. The van der Waals surface area contributed by atoms with Crippen LogP contribution in [-0.2, 0) is 13.6 Å². The van der Waals surface area contributed by atoms with Crippen LogP contribution in [0.15, 0.2) is 22.9 Å². The molecular weight excluding hydrogens is 262 g/mol. The number of hydrogen-bond acceptors (Lipinski definition) is 6. The van der Waals surface area contributed by atoms with Crippen molar-refractivity contribution in [3.8, 4) is 5.88 Å². The lowest BCUT2D eigenvalue weighted by Gasteiger charge is -2.06. The van der Waals surface area contributed by atoms with Crippen molar-refractivity contribution in [3.05, 3.63) is 39.9 Å². The number of ether oxygens (including phenoxy) is 1. The average Bonchev–Trinajstić information content (AvgIpc) is 2.78. The maximum Gasteiger partial charge on any atom is 0.350 e. The highest BCUT2D eigenvalue weighted by Gasteiger charge is 2.07. The molecule has 0 saturated carbocycles. The molecule has 0 atom stereocenters. The van der Waals surface area contributed by atoms with E-state index in [4.69, 9.17) is 4.74 Å². The summed E-state index contributed by atoms with van der Waals surface area (Å²) in [5.41, 5.74) is 0.841. The Bertz CT molecular complexity index is 701. The van der Waals surface area contributed by atoms with Crippen molar-refractivity contribution in [2.24, 2.45) is 7.05 Å². The topological polar surface area (TPSA) is 95.1 Å². The van der Waals surface area contributed by atoms with Gasteiger partial charge in [0.2, 0.25) is 5.88 Å². The van der Waals surface area contributed by atoms with Crippen LogP contribution in [0.2, 0.25) is 0 Å². The summed E-state index contributed by atoms with van der Waals surface area (Å²) in [5, 5.41) is 17.6. The highest BCUT2D eigenvalue weighted by Crippen LogP contribution is 2.15. The summed E-state index contributed by atoms with van der Waals surface area (Å²) in [6.45, 7) is 1.98. The molecule has 8 heteroatoms. The molecule has 0 aromatic carbocycles. The molecule has 0 aliphatic heterocycles. The van der Waals surface area contributed by atoms with Gasteiger partial charge in [-0.1, -0.05) is 5.21 Å². The Labute approximate surface area is 115 Å². The number of aliphatic hydroxyl groups excluding tert-OH is 1. The Kier molecular flexibility index (Phi) is 3.83. The van der Waals surface area contributed by atoms with Gasteiger partial charge in [-0.15, -0.1) is 5.10 Å². The summed E-state index contributed by atoms with van der Waals surface area (Å²) in [5.74, 6) is 0.211. The van der Waals surface area contributed by atoms with Gasteiger partial charge in [-0.3, -0.25) is 0 Å². The van der Waals surface area contributed by atoms with Crippen molar-refractivity contribution in [2.75, 3.05) is 7.11 Å². The van der Waals surface area contributed by atoms with E-state index in [9.17, 15) is 9.90 Å². The van der Waals surface area contributed by atoms with Gasteiger partial charge in [-0.25, -0.2) is 9.48 Å². The van der Waals surface area contributed by atoms with E-state index in [1.807, 2.05) is 6.92 Å². The summed E-state index contributed by atoms with van der Waals surface area (Å²) in [4.78, 5) is 15.1. The maximum absolute atomic E-state index is 11.4. The van der Waals surface area contributed by atoms with Crippen molar-refractivity contribution in [2.45, 2.75) is 13.5 Å². The van der Waals surface area contributed by atoms with Crippen molar-refractivity contribution < 1.29 is 9.84 Å². The van der Waals surface area contributed by atoms with Crippen LogP contribution in [-0.4, -0.2) is 36.8 Å². The molecule has 106 valence electrons. The molecule has 2 heterocycles. The molecular formula is C12H15N5O3. The van der Waals surface area contributed by atoms with E-state index in [0.717, 1.165) is 5.69 Å². The van der Waals surface area contributed by atoms with Crippen LogP contribution in [0.4, 0.5) is 0 Å². The van der Waals surface area contributed by atoms with E-state index in [0.29, 0.717) is 5.56 Å². The second-order valence-electron chi connectivity index (χ2n) is 4.29. The van der Waals surface area contributed by atoms with Gasteiger partial charge in [0.15, 0.2) is 0 Å². The Balaban J connectivity index is 2.29. The summed E-state index contributed by atoms with van der Waals surface area (Å²) >= 11 is 0. The molecule has 8 nitrogen and oxygen atoms in total. The molecule has 0 unspecified atom stereocenters. The molecule has 0 fully saturated rings. The molecule has 0 saturated heterocycles. The third-order valence-corrected chi connectivity index (χ3v) is 2.57. The summed E-state index contributed by atoms with van der Waals surface area (Å²) in [6.07, 6.45) is 4.72. The summed E-state index contributed by atoms with van der Waals surface area (Å²) < 4.78 is 7.83. The van der Waals surface area contributed by atoms with Gasteiger partial charge in [0, 0.05) is 19.4 Å². The highest BCUT2D eigenvalue weighted by atomic mass is 16.5. The van der Waals surface area contributed by atoms with Crippen LogP contribution in [0.25, 0.3) is 6.08 Å². The largest absolute Gasteiger partial charge is 0.510 e. The van der Waals surface area contributed by atoms with E-state index in [2.05, 4.69) is 15.3 Å². The lowest BCUT2D eigenvalue weighted by molar-refractivity contribution is 0.369. The van der Waals surface area contributed by atoms with Crippen molar-refractivity contribution in [3.63, 3.8) is 0 Å². The van der Waals surface area contributed by atoms with Gasteiger partial charge < -0.3 is 14.4 Å². The van der Waals surface area contributed by atoms with E-state index in [1.165, 1.54) is 28.6 Å². The molecule has 2 aromatic heterocycles. The Hall–Kier alpha value is -2.64. The maximum atomic E-state index is 11.4. The minimum atomic E-state index is -0.426. The molecule has 2 rings (SSSR count). The van der Waals surface area contributed by atoms with Crippen molar-refractivity contribution in [1.82, 2.24) is 24.5 Å². The van der Waals surface area contributed by atoms with Gasteiger partial charge in [0.25, 0.3) is 0 Å². The van der Waals surface area contributed by atoms with Crippen molar-refractivity contribution in [1.29, 1.82) is 0 Å². The number of allylic oxidation sites excluding steroid dienone is 1. The smallest absolute Gasteiger partial charge is 0.350 e. The second kappa shape index (κ2) is 5.55. The van der Waals surface area contributed by atoms with E-state index >= 15 is 0 Å². The zero-order chi connectivity index (χ0) is 14.7. The van der Waals surface area contributed by atoms with E-state index < -0.39 is 5.69 Å². The van der Waals surface area contributed by atoms with Gasteiger partial charge in [-0.05, 0) is 13.0 Å². The van der Waals surface area contributed by atoms with Gasteiger partial charge in [-0.2, -0.15) is 4.98 Å². The molecule has 20 heavy (non-hydrogen) atoms. The third-order valence-electron chi connectivity index (χ3n) is 2.57. The summed E-state index contributed by atoms with van der Waals surface area (Å²) in [6, 6.07) is 0. The SMILES string of the molecule is COc1nc(=O)n(C)cc1/C=C(\O)Cn1cc(C)nn1. The van der Waals surface area contributed by atoms with E-state index in [1.54, 1.807) is 13.2 Å². The molecule has 0 bridgehead atoms. The Morgan fingerprint density at radius 3 is 2.85 bits per heavy atom. The van der Waals surface area contributed by atoms with Gasteiger partial charge >= 0.3 is 5.69 Å². The predicted octanol–water partition coefficient (Wildman–Crippen LogP) is 0.288. The zero-order valence-electron chi connectivity index (χ0n) is 11.4. The monoisotopic (exact) mass is 277 g/mol. The second-order valence-corrected chi connectivity index (χ2v) is 4.29. The fraction of sp³-hybridized carbons (Fsp3) is 0.333. The van der Waals surface area contributed by atoms with Crippen LogP contribution < -0.4 is 10.4 Å². The number of rotatable bonds is 4. The quantitative estimate of drug-likeness (QED) is 0.807. The van der Waals surface area contributed by atoms with Crippen molar-refractivity contribution >= 4 is 6.08 Å². The molecule has 0 amide bonds. The lowest BCUT2D eigenvalue weighted by Crippen LogP contribution is -2.20. The number of hydrogen-bond donors (Lipinski definition) is 1. The van der Waals surface area contributed by atoms with Crippen LogP contribution in [0.1, 0.15) is 11.3 Å². The first-order valence-corrected chi connectivity index (χ1v) is 5.87. The first-order valence-electron chi connectivity index (χ1n) is 5.87. The molecule has 0 aliphatic carbocycles. The number of methoxy groups -OCH3 is 1. The minimum absolute atomic E-state index is 0.0497. The van der Waals surface area contributed by atoms with Crippen LogP contribution >= 0.6 is 0 Å². The highest BCUT2D eigenvalue weighted by molar-refractivity contribution is 5.54. The average molecular weight is 277 g/mol. The minimum Gasteiger partial charge on any atom is -0.510 e. The first kappa shape index (κ1) is 13.8. The standard InChI is InChI=1S/C12H15N5O3/c1-8-5-17(15-14-8)7-10(18)4-9-6-16(2)12(19)13-11(9)20-3/h4-6,18H,7H2,1-3H3/b10-4-. The Morgan fingerprint density at radius 2 is 2.25 bits per heavy atom. The number of nitrogens with zero attached hydrogens (tertiary/aromatic N) is 5. The van der Waals surface area contributed by atoms with Crippen LogP contribution in [0.3, 0.4) is 0 Å². The van der Waals surface area contributed by atoms with Gasteiger partial charge in [0.05, 0.1) is 24.9 Å². The number of aryl methyl sites for hydroxylation is 2. The predicted molar refractivity (Wildman–Crippen MR) is 71.4 cm³/mol. The first-order chi connectivity index (χ1) is 9.49. The molecule has 2 aromatic rings. The summed E-state index contributed by atoms with van der Waals surface area (Å²) in [7, 11) is 2.99. The van der Waals surface area contributed by atoms with Crippen LogP contribution in [0, 0.1) is 6.92 Å². The fourth-order valence-corrected chi connectivity index (χ4v) is 1.68. The van der Waals surface area contributed by atoms with E-state index in [-0.39, 0.29) is 18.2 Å². The number of aromatic nitrogens is 5. The molecule has 1 N–H and O–H groups in total. The molecule has 0 radical (unpaired) electrons. The van der Waals surface area contributed by atoms with Gasteiger partial charge in [0.1, 0.15) is 5.76 Å². The lowest BCUT2D eigenvalue weighted by atomic mass is 10.2. The fourth-order valence-electron chi connectivity index (χ4n) is 1.68. The zero-order valence-corrected chi connectivity index (χ0v) is 11.4. The van der Waals surface area contributed by atoms with Crippen LogP contribution in [0.5, 0.6) is 5.88 Å². The molecule has 0 aliphatic rings.